The van der Waals surface area contributed by atoms with Crippen molar-refractivity contribution in [2.24, 2.45) is 0 Å². The first kappa shape index (κ1) is 17.7. The molecule has 0 saturated carbocycles. The van der Waals surface area contributed by atoms with Crippen molar-refractivity contribution < 1.29 is 0 Å². The maximum atomic E-state index is 4.64. The Morgan fingerprint density at radius 2 is 1.85 bits per heavy atom. The van der Waals surface area contributed by atoms with Gasteiger partial charge < -0.3 is 4.90 Å². The molecule has 0 aliphatic carbocycles. The fraction of sp³-hybridized carbons (Fsp3) is 0.421. The summed E-state index contributed by atoms with van der Waals surface area (Å²) in [5, 5.41) is 1.13. The van der Waals surface area contributed by atoms with Gasteiger partial charge in [-0.05, 0) is 37.8 Å². The Hall–Kier alpha value is -1.70. The predicted molar refractivity (Wildman–Crippen MR) is 110 cm³/mol. The van der Waals surface area contributed by atoms with Crippen molar-refractivity contribution in [2.45, 2.75) is 24.8 Å². The van der Waals surface area contributed by atoms with Crippen LogP contribution in [0.4, 0.5) is 5.95 Å². The molecular formula is C19H23N5S2. The summed E-state index contributed by atoms with van der Waals surface area (Å²) in [6, 6.07) is 7.10. The number of anilines is 1. The molecule has 136 valence electrons. The fourth-order valence-corrected chi connectivity index (χ4v) is 4.54. The number of thioether (sulfide) groups is 1. The van der Waals surface area contributed by atoms with Gasteiger partial charge in [-0.25, -0.2) is 15.0 Å². The van der Waals surface area contributed by atoms with Gasteiger partial charge in [-0.1, -0.05) is 6.07 Å². The molecule has 4 rings (SSSR count). The van der Waals surface area contributed by atoms with Crippen molar-refractivity contribution in [3.8, 4) is 0 Å². The summed E-state index contributed by atoms with van der Waals surface area (Å²) in [5.74, 6) is 0.842. The van der Waals surface area contributed by atoms with Crippen molar-refractivity contribution >= 4 is 39.3 Å². The van der Waals surface area contributed by atoms with Crippen LogP contribution in [0, 0.1) is 6.92 Å². The average Bonchev–Trinajstić information content (AvgIpc) is 3.07. The van der Waals surface area contributed by atoms with E-state index >= 15 is 0 Å². The van der Waals surface area contributed by atoms with Crippen LogP contribution in [0.25, 0.3) is 10.2 Å². The van der Waals surface area contributed by atoms with E-state index in [1.165, 1.54) is 10.3 Å². The van der Waals surface area contributed by atoms with Crippen LogP contribution in [0.15, 0.2) is 35.5 Å². The molecule has 0 amide bonds. The van der Waals surface area contributed by atoms with Crippen LogP contribution in [-0.4, -0.2) is 52.3 Å². The largest absolute Gasteiger partial charge is 0.338 e. The second kappa shape index (κ2) is 7.50. The van der Waals surface area contributed by atoms with E-state index in [9.17, 15) is 0 Å². The monoisotopic (exact) mass is 385 g/mol. The number of aromatic nitrogens is 3. The van der Waals surface area contributed by atoms with Crippen molar-refractivity contribution in [3.05, 3.63) is 41.2 Å². The quantitative estimate of drug-likeness (QED) is 0.633. The summed E-state index contributed by atoms with van der Waals surface area (Å²) in [6.45, 7) is 8.31. The van der Waals surface area contributed by atoms with Crippen LogP contribution in [0.3, 0.4) is 0 Å². The molecule has 0 bridgehead atoms. The highest BCUT2D eigenvalue weighted by Crippen LogP contribution is 2.28. The average molecular weight is 386 g/mol. The second-order valence-electron chi connectivity index (χ2n) is 6.58. The van der Waals surface area contributed by atoms with Crippen LogP contribution in [0.1, 0.15) is 23.5 Å². The first-order valence-corrected chi connectivity index (χ1v) is 10.9. The van der Waals surface area contributed by atoms with Gasteiger partial charge in [0, 0.05) is 49.5 Å². The van der Waals surface area contributed by atoms with E-state index < -0.39 is 0 Å². The molecule has 3 heterocycles. The van der Waals surface area contributed by atoms with Gasteiger partial charge in [-0.3, -0.25) is 4.90 Å². The molecule has 0 N–H and O–H groups in total. The van der Waals surface area contributed by atoms with Gasteiger partial charge in [0.1, 0.15) is 0 Å². The Balaban J connectivity index is 1.42. The molecular weight excluding hydrogens is 362 g/mol. The van der Waals surface area contributed by atoms with Crippen LogP contribution in [0.2, 0.25) is 0 Å². The number of nitrogens with zero attached hydrogens (tertiary/aromatic N) is 5. The van der Waals surface area contributed by atoms with Crippen LogP contribution >= 0.6 is 23.1 Å². The molecule has 7 heteroatoms. The maximum Gasteiger partial charge on any atom is 0.225 e. The number of thiazole rings is 1. The molecule has 1 aromatic carbocycles. The number of aryl methyl sites for hydroxylation is 1. The number of benzene rings is 1. The van der Waals surface area contributed by atoms with E-state index in [-0.39, 0.29) is 0 Å². The van der Waals surface area contributed by atoms with E-state index in [1.54, 1.807) is 23.1 Å². The first-order chi connectivity index (χ1) is 12.6. The maximum absolute atomic E-state index is 4.64. The number of hydrogen-bond acceptors (Lipinski definition) is 7. The van der Waals surface area contributed by atoms with E-state index in [4.69, 9.17) is 0 Å². The van der Waals surface area contributed by atoms with E-state index in [2.05, 4.69) is 56.8 Å². The highest BCUT2D eigenvalue weighted by Gasteiger charge is 2.23. The lowest BCUT2D eigenvalue weighted by molar-refractivity contribution is 0.198. The molecule has 1 aliphatic rings. The number of fused-ring (bicyclic) bond motifs is 1. The van der Waals surface area contributed by atoms with Crippen molar-refractivity contribution in [2.75, 3.05) is 37.3 Å². The molecule has 1 unspecified atom stereocenters. The zero-order chi connectivity index (χ0) is 18.1. The third-order valence-electron chi connectivity index (χ3n) is 5.00. The van der Waals surface area contributed by atoms with Gasteiger partial charge >= 0.3 is 0 Å². The fourth-order valence-electron chi connectivity index (χ4n) is 3.42. The van der Waals surface area contributed by atoms with Gasteiger partial charge in [-0.15, -0.1) is 23.1 Å². The lowest BCUT2D eigenvalue weighted by Crippen LogP contribution is -2.47. The minimum Gasteiger partial charge on any atom is -0.338 e. The van der Waals surface area contributed by atoms with Crippen LogP contribution in [0.5, 0.6) is 0 Å². The summed E-state index contributed by atoms with van der Waals surface area (Å²) in [7, 11) is 0. The molecule has 1 atom stereocenters. The van der Waals surface area contributed by atoms with Crippen LogP contribution in [-0.2, 0) is 0 Å². The smallest absolute Gasteiger partial charge is 0.225 e. The van der Waals surface area contributed by atoms with Gasteiger partial charge in [0.25, 0.3) is 0 Å². The van der Waals surface area contributed by atoms with E-state index in [0.29, 0.717) is 6.04 Å². The SMILES string of the molecule is CSc1cnc(N2CCN(C(C)c3ccc4sc(C)nc4c3)CC2)nc1. The molecule has 3 aromatic rings. The van der Waals surface area contributed by atoms with Crippen molar-refractivity contribution in [3.63, 3.8) is 0 Å². The predicted octanol–water partition coefficient (Wildman–Crippen LogP) is 4.00. The molecule has 1 saturated heterocycles. The molecule has 2 aromatic heterocycles. The molecule has 1 fully saturated rings. The van der Waals surface area contributed by atoms with Crippen LogP contribution < -0.4 is 4.90 Å². The van der Waals surface area contributed by atoms with Crippen molar-refractivity contribution in [1.29, 1.82) is 0 Å². The summed E-state index contributed by atoms with van der Waals surface area (Å²) < 4.78 is 1.27. The normalized spacial score (nSPS) is 17.0. The zero-order valence-electron chi connectivity index (χ0n) is 15.3. The van der Waals surface area contributed by atoms with E-state index in [0.717, 1.165) is 47.5 Å². The standard InChI is InChI=1S/C19H23N5S2/c1-13(15-4-5-18-17(10-15)22-14(2)26-18)23-6-8-24(9-7-23)19-20-11-16(25-3)12-21-19/h4-5,10-13H,6-9H2,1-3H3. The molecule has 1 aliphatic heterocycles. The topological polar surface area (TPSA) is 45.2 Å². The minimum atomic E-state index is 0.392. The highest BCUT2D eigenvalue weighted by molar-refractivity contribution is 7.98. The third-order valence-corrected chi connectivity index (χ3v) is 6.63. The Kier molecular flexibility index (Phi) is 5.11. The summed E-state index contributed by atoms with van der Waals surface area (Å²) in [4.78, 5) is 19.6. The number of hydrogen-bond donors (Lipinski definition) is 0. The first-order valence-electron chi connectivity index (χ1n) is 8.86. The lowest BCUT2D eigenvalue weighted by Gasteiger charge is -2.38. The summed E-state index contributed by atoms with van der Waals surface area (Å²) in [6.07, 6.45) is 5.86. The molecule has 0 radical (unpaired) electrons. The second-order valence-corrected chi connectivity index (χ2v) is 8.70. The van der Waals surface area contributed by atoms with Gasteiger partial charge in [0.2, 0.25) is 5.95 Å². The Morgan fingerprint density at radius 3 is 2.54 bits per heavy atom. The zero-order valence-corrected chi connectivity index (χ0v) is 17.0. The number of piperazine rings is 1. The summed E-state index contributed by atoms with van der Waals surface area (Å²) in [5.41, 5.74) is 2.47. The molecule has 0 spiro atoms. The Morgan fingerprint density at radius 1 is 1.12 bits per heavy atom. The third kappa shape index (κ3) is 3.56. The Bertz CT molecular complexity index is 885. The number of rotatable bonds is 4. The lowest BCUT2D eigenvalue weighted by atomic mass is 10.1. The van der Waals surface area contributed by atoms with Gasteiger partial charge in [0.05, 0.1) is 15.2 Å². The minimum absolute atomic E-state index is 0.392. The Labute approximate surface area is 162 Å². The van der Waals surface area contributed by atoms with Gasteiger partial charge in [0.15, 0.2) is 0 Å². The molecule has 26 heavy (non-hydrogen) atoms. The summed E-state index contributed by atoms with van der Waals surface area (Å²) >= 11 is 3.43. The van der Waals surface area contributed by atoms with E-state index in [1.807, 2.05) is 18.6 Å². The van der Waals surface area contributed by atoms with Gasteiger partial charge in [-0.2, -0.15) is 0 Å². The molecule has 5 nitrogen and oxygen atoms in total. The van der Waals surface area contributed by atoms with Crippen molar-refractivity contribution in [1.82, 2.24) is 19.9 Å². The highest BCUT2D eigenvalue weighted by atomic mass is 32.2.